The molecule has 100 valence electrons. The summed E-state index contributed by atoms with van der Waals surface area (Å²) in [7, 11) is 0. The van der Waals surface area contributed by atoms with Gasteiger partial charge < -0.3 is 0 Å². The molecule has 0 unspecified atom stereocenters. The minimum atomic E-state index is -0.482. The number of nitro benzene ring substituents is 1. The van der Waals surface area contributed by atoms with Gasteiger partial charge in [-0.25, -0.2) is 0 Å². The Morgan fingerprint density at radius 3 is 2.80 bits per heavy atom. The second kappa shape index (κ2) is 6.21. The largest absolute Gasteiger partial charge is 0.289 e. The van der Waals surface area contributed by atoms with Gasteiger partial charge in [-0.1, -0.05) is 12.1 Å². The molecule has 1 heterocycles. The fraction of sp³-hybridized carbons (Fsp3) is 0. The van der Waals surface area contributed by atoms with Crippen LogP contribution in [0.1, 0.15) is 15.9 Å². The highest BCUT2D eigenvalue weighted by atomic mass is 79.9. The number of carbonyl (C=O) groups excluding carboxylic acids is 1. The molecule has 0 saturated heterocycles. The van der Waals surface area contributed by atoms with Crippen LogP contribution in [0.4, 0.5) is 5.69 Å². The van der Waals surface area contributed by atoms with Gasteiger partial charge in [-0.2, -0.15) is 0 Å². The predicted molar refractivity (Wildman–Crippen MR) is 78.4 cm³/mol. The SMILES string of the molecule is O=C(/C=C/c1ccc(Br)c([N+](=O)[O-])c1)c1cccnc1. The molecule has 0 spiro atoms. The number of aromatic nitrogens is 1. The molecule has 0 bridgehead atoms. The van der Waals surface area contributed by atoms with Gasteiger partial charge >= 0.3 is 0 Å². The summed E-state index contributed by atoms with van der Waals surface area (Å²) >= 11 is 3.11. The molecule has 6 heteroatoms. The van der Waals surface area contributed by atoms with Gasteiger partial charge in [0.05, 0.1) is 9.40 Å². The molecule has 2 aromatic rings. The molecule has 20 heavy (non-hydrogen) atoms. The van der Waals surface area contributed by atoms with Crippen molar-refractivity contribution in [1.82, 2.24) is 4.98 Å². The van der Waals surface area contributed by atoms with Crippen molar-refractivity contribution >= 4 is 33.5 Å². The molecule has 5 nitrogen and oxygen atoms in total. The van der Waals surface area contributed by atoms with E-state index >= 15 is 0 Å². The van der Waals surface area contributed by atoms with Crippen molar-refractivity contribution in [2.75, 3.05) is 0 Å². The third-order valence-electron chi connectivity index (χ3n) is 2.54. The zero-order chi connectivity index (χ0) is 14.5. The lowest BCUT2D eigenvalue weighted by atomic mass is 10.1. The fourth-order valence-electron chi connectivity index (χ4n) is 1.55. The van der Waals surface area contributed by atoms with Crippen LogP contribution in [-0.4, -0.2) is 15.7 Å². The van der Waals surface area contributed by atoms with Crippen LogP contribution in [-0.2, 0) is 0 Å². The Kier molecular flexibility index (Phi) is 4.37. The first-order valence-corrected chi connectivity index (χ1v) is 6.43. The number of hydrogen-bond donors (Lipinski definition) is 0. The Morgan fingerprint density at radius 1 is 1.35 bits per heavy atom. The van der Waals surface area contributed by atoms with Crippen molar-refractivity contribution in [3.05, 3.63) is 74.5 Å². The van der Waals surface area contributed by atoms with Gasteiger partial charge in [0.2, 0.25) is 0 Å². The smallest absolute Gasteiger partial charge is 0.284 e. The molecule has 0 aliphatic rings. The van der Waals surface area contributed by atoms with Crippen molar-refractivity contribution in [3.8, 4) is 0 Å². The number of rotatable bonds is 4. The number of hydrogen-bond acceptors (Lipinski definition) is 4. The summed E-state index contributed by atoms with van der Waals surface area (Å²) in [6.07, 6.45) is 5.95. The summed E-state index contributed by atoms with van der Waals surface area (Å²) in [5.41, 5.74) is 1.01. The maximum Gasteiger partial charge on any atom is 0.284 e. The maximum atomic E-state index is 11.8. The second-order valence-electron chi connectivity index (χ2n) is 3.91. The summed E-state index contributed by atoms with van der Waals surface area (Å²) < 4.78 is 0.401. The Labute approximate surface area is 123 Å². The number of allylic oxidation sites excluding steroid dienone is 1. The Morgan fingerprint density at radius 2 is 2.15 bits per heavy atom. The first-order chi connectivity index (χ1) is 9.58. The Bertz CT molecular complexity index is 684. The standard InChI is InChI=1S/C14H9BrN2O3/c15-12-5-3-10(8-13(12)17(19)20)4-6-14(18)11-2-1-7-16-9-11/h1-9H/b6-4+. The first kappa shape index (κ1) is 14.1. The summed E-state index contributed by atoms with van der Waals surface area (Å²) in [4.78, 5) is 26.0. The number of nitro groups is 1. The number of benzene rings is 1. The van der Waals surface area contributed by atoms with Crippen LogP contribution in [0.25, 0.3) is 6.08 Å². The van der Waals surface area contributed by atoms with Crippen molar-refractivity contribution in [3.63, 3.8) is 0 Å². The number of pyridine rings is 1. The normalized spacial score (nSPS) is 10.7. The quantitative estimate of drug-likeness (QED) is 0.370. The van der Waals surface area contributed by atoms with Crippen LogP contribution in [0, 0.1) is 10.1 Å². The Balaban J connectivity index is 2.22. The van der Waals surface area contributed by atoms with Crippen LogP contribution >= 0.6 is 15.9 Å². The van der Waals surface area contributed by atoms with Crippen LogP contribution in [0.2, 0.25) is 0 Å². The molecule has 0 radical (unpaired) electrons. The molecule has 0 aliphatic carbocycles. The molecule has 1 aromatic heterocycles. The van der Waals surface area contributed by atoms with Crippen molar-refractivity contribution < 1.29 is 9.72 Å². The van der Waals surface area contributed by atoms with Gasteiger partial charge in [-0.3, -0.25) is 19.9 Å². The highest BCUT2D eigenvalue weighted by Crippen LogP contribution is 2.26. The van der Waals surface area contributed by atoms with Crippen LogP contribution in [0.15, 0.2) is 53.3 Å². The van der Waals surface area contributed by atoms with E-state index in [0.29, 0.717) is 15.6 Å². The third-order valence-corrected chi connectivity index (χ3v) is 3.21. The second-order valence-corrected chi connectivity index (χ2v) is 4.76. The lowest BCUT2D eigenvalue weighted by Gasteiger charge is -1.98. The summed E-state index contributed by atoms with van der Waals surface area (Å²) in [5.74, 6) is -0.205. The number of halogens is 1. The molecule has 0 fully saturated rings. The number of carbonyl (C=O) groups is 1. The van der Waals surface area contributed by atoms with Crippen LogP contribution in [0.5, 0.6) is 0 Å². The average molecular weight is 333 g/mol. The van der Waals surface area contributed by atoms with E-state index in [9.17, 15) is 14.9 Å². The topological polar surface area (TPSA) is 73.1 Å². The predicted octanol–water partition coefficient (Wildman–Crippen LogP) is 3.65. The van der Waals surface area contributed by atoms with E-state index in [0.717, 1.165) is 0 Å². The van der Waals surface area contributed by atoms with E-state index in [-0.39, 0.29) is 11.5 Å². The van der Waals surface area contributed by atoms with Crippen molar-refractivity contribution in [2.24, 2.45) is 0 Å². The third kappa shape index (κ3) is 3.36. The van der Waals surface area contributed by atoms with E-state index in [1.807, 2.05) is 0 Å². The monoisotopic (exact) mass is 332 g/mol. The molecular formula is C14H9BrN2O3. The molecule has 0 atom stereocenters. The van der Waals surface area contributed by atoms with Gasteiger partial charge in [-0.05, 0) is 45.8 Å². The van der Waals surface area contributed by atoms with E-state index in [1.54, 1.807) is 30.5 Å². The molecule has 0 N–H and O–H groups in total. The number of ketones is 1. The minimum Gasteiger partial charge on any atom is -0.289 e. The van der Waals surface area contributed by atoms with Gasteiger partial charge in [0.25, 0.3) is 5.69 Å². The summed E-state index contributed by atoms with van der Waals surface area (Å²) in [6.45, 7) is 0. The minimum absolute atomic E-state index is 0.0408. The van der Waals surface area contributed by atoms with Gasteiger partial charge in [0.15, 0.2) is 5.78 Å². The lowest BCUT2D eigenvalue weighted by molar-refractivity contribution is -0.385. The van der Waals surface area contributed by atoms with E-state index in [2.05, 4.69) is 20.9 Å². The maximum absolute atomic E-state index is 11.8. The zero-order valence-electron chi connectivity index (χ0n) is 10.2. The molecule has 1 aromatic carbocycles. The molecule has 0 aliphatic heterocycles. The highest BCUT2D eigenvalue weighted by molar-refractivity contribution is 9.10. The zero-order valence-corrected chi connectivity index (χ0v) is 11.8. The highest BCUT2D eigenvalue weighted by Gasteiger charge is 2.11. The fourth-order valence-corrected chi connectivity index (χ4v) is 1.94. The van der Waals surface area contributed by atoms with Gasteiger partial charge in [-0.15, -0.1) is 0 Å². The van der Waals surface area contributed by atoms with E-state index in [4.69, 9.17) is 0 Å². The first-order valence-electron chi connectivity index (χ1n) is 5.64. The summed E-state index contributed by atoms with van der Waals surface area (Å²) in [6, 6.07) is 7.99. The Hall–Kier alpha value is -2.34. The van der Waals surface area contributed by atoms with Crippen LogP contribution in [0.3, 0.4) is 0 Å². The van der Waals surface area contributed by atoms with Gasteiger partial charge in [0.1, 0.15) is 0 Å². The summed E-state index contributed by atoms with van der Waals surface area (Å²) in [5, 5.41) is 10.8. The molecule has 2 rings (SSSR count). The number of nitrogens with zero attached hydrogens (tertiary/aromatic N) is 2. The molecule has 0 amide bonds. The lowest BCUT2D eigenvalue weighted by Crippen LogP contribution is -1.94. The molecular weight excluding hydrogens is 324 g/mol. The van der Waals surface area contributed by atoms with Crippen molar-refractivity contribution in [2.45, 2.75) is 0 Å². The van der Waals surface area contributed by atoms with E-state index < -0.39 is 4.92 Å². The van der Waals surface area contributed by atoms with Crippen LogP contribution < -0.4 is 0 Å². The van der Waals surface area contributed by atoms with Gasteiger partial charge in [0, 0.05) is 24.0 Å². The molecule has 0 saturated carbocycles. The van der Waals surface area contributed by atoms with Crippen molar-refractivity contribution in [1.29, 1.82) is 0 Å². The average Bonchev–Trinajstić information content (AvgIpc) is 2.46. The van der Waals surface area contributed by atoms with E-state index in [1.165, 1.54) is 24.4 Å².